The van der Waals surface area contributed by atoms with Crippen molar-refractivity contribution in [3.8, 4) is 0 Å². The van der Waals surface area contributed by atoms with E-state index in [0.29, 0.717) is 5.92 Å². The molecule has 5 heteroatoms. The average Bonchev–Trinajstić information content (AvgIpc) is 2.77. The molecule has 0 radical (unpaired) electrons. The summed E-state index contributed by atoms with van der Waals surface area (Å²) < 4.78 is 7.52. The van der Waals surface area contributed by atoms with Gasteiger partial charge in [0.2, 0.25) is 0 Å². The Hall–Kier alpha value is -1.23. The Kier molecular flexibility index (Phi) is 2.81. The molecule has 0 unspecified atom stereocenters. The van der Waals surface area contributed by atoms with Gasteiger partial charge in [-0.3, -0.25) is 0 Å². The summed E-state index contributed by atoms with van der Waals surface area (Å²) in [7, 11) is 1.91. The number of nitrogens with zero attached hydrogens (tertiary/aromatic N) is 3. The third-order valence-corrected chi connectivity index (χ3v) is 3.01. The molecule has 2 aromatic rings. The summed E-state index contributed by atoms with van der Waals surface area (Å²) in [5.41, 5.74) is 0. The third kappa shape index (κ3) is 2.23. The Morgan fingerprint density at radius 1 is 1.40 bits per heavy atom. The number of aryl methyl sites for hydroxylation is 1. The lowest BCUT2D eigenvalue weighted by Gasteiger charge is -1.99. The minimum Gasteiger partial charge on any atom is -0.454 e. The molecule has 4 nitrogen and oxygen atoms in total. The fraction of sp³-hybridized carbons (Fsp3) is 0.400. The molecule has 0 aromatic carbocycles. The molecule has 0 spiro atoms. The van der Waals surface area contributed by atoms with E-state index in [2.05, 4.69) is 24.0 Å². The maximum absolute atomic E-state index is 5.66. The summed E-state index contributed by atoms with van der Waals surface area (Å²) in [5, 5.41) is 9.48. The van der Waals surface area contributed by atoms with Gasteiger partial charge in [-0.05, 0) is 23.9 Å². The highest BCUT2D eigenvalue weighted by Gasteiger charge is 2.09. The van der Waals surface area contributed by atoms with Crippen LogP contribution in [0.15, 0.2) is 33.1 Å². The summed E-state index contributed by atoms with van der Waals surface area (Å²) in [5.74, 6) is 1.42. The zero-order valence-corrected chi connectivity index (χ0v) is 9.78. The smallest absolute Gasteiger partial charge is 0.198 e. The Morgan fingerprint density at radius 3 is 2.73 bits per heavy atom. The normalized spacial score (nSPS) is 11.2. The van der Waals surface area contributed by atoms with Crippen molar-refractivity contribution in [1.82, 2.24) is 14.8 Å². The fourth-order valence-corrected chi connectivity index (χ4v) is 1.89. The first-order valence-electron chi connectivity index (χ1n) is 4.78. The molecule has 80 valence electrons. The van der Waals surface area contributed by atoms with Crippen LogP contribution in [0.3, 0.4) is 0 Å². The van der Waals surface area contributed by atoms with Crippen LogP contribution >= 0.6 is 11.8 Å². The number of rotatable bonds is 3. The van der Waals surface area contributed by atoms with Crippen LogP contribution in [-0.2, 0) is 7.05 Å². The molecule has 0 saturated heterocycles. The Morgan fingerprint density at radius 2 is 2.20 bits per heavy atom. The summed E-state index contributed by atoms with van der Waals surface area (Å²) in [6.07, 6.45) is 1.68. The van der Waals surface area contributed by atoms with Crippen molar-refractivity contribution in [3.63, 3.8) is 0 Å². The van der Waals surface area contributed by atoms with Gasteiger partial charge in [0.1, 0.15) is 12.1 Å². The highest BCUT2D eigenvalue weighted by atomic mass is 32.2. The van der Waals surface area contributed by atoms with Crippen molar-refractivity contribution in [1.29, 1.82) is 0 Å². The fourth-order valence-electron chi connectivity index (χ4n) is 1.15. The van der Waals surface area contributed by atoms with E-state index in [4.69, 9.17) is 4.42 Å². The molecule has 15 heavy (non-hydrogen) atoms. The molecule has 2 heterocycles. The van der Waals surface area contributed by atoms with E-state index in [1.165, 1.54) is 11.8 Å². The Bertz CT molecular complexity index is 447. The maximum Gasteiger partial charge on any atom is 0.198 e. The molecule has 2 rings (SSSR count). The molecular weight excluding hydrogens is 210 g/mol. The molecule has 0 N–H and O–H groups in total. The van der Waals surface area contributed by atoms with Gasteiger partial charge in [-0.2, -0.15) is 0 Å². The van der Waals surface area contributed by atoms with E-state index in [0.717, 1.165) is 16.0 Å². The van der Waals surface area contributed by atoms with Crippen molar-refractivity contribution in [2.24, 2.45) is 7.05 Å². The largest absolute Gasteiger partial charge is 0.454 e. The summed E-state index contributed by atoms with van der Waals surface area (Å²) >= 11 is 1.48. The highest BCUT2D eigenvalue weighted by molar-refractivity contribution is 7.99. The van der Waals surface area contributed by atoms with Gasteiger partial charge in [0.05, 0.1) is 0 Å². The van der Waals surface area contributed by atoms with E-state index in [9.17, 15) is 0 Å². The predicted molar refractivity (Wildman–Crippen MR) is 57.9 cm³/mol. The first kappa shape index (κ1) is 10.3. The molecule has 0 bridgehead atoms. The highest BCUT2D eigenvalue weighted by Crippen LogP contribution is 2.29. The quantitative estimate of drug-likeness (QED) is 0.802. The number of hydrogen-bond donors (Lipinski definition) is 0. The van der Waals surface area contributed by atoms with Crippen molar-refractivity contribution >= 4 is 11.8 Å². The van der Waals surface area contributed by atoms with Crippen LogP contribution in [0.1, 0.15) is 25.5 Å². The Labute approximate surface area is 92.7 Å². The molecule has 0 atom stereocenters. The molecule has 0 aliphatic heterocycles. The van der Waals surface area contributed by atoms with Crippen LogP contribution in [-0.4, -0.2) is 14.8 Å². The first-order chi connectivity index (χ1) is 7.16. The first-order valence-corrected chi connectivity index (χ1v) is 5.60. The molecule has 0 aliphatic carbocycles. The van der Waals surface area contributed by atoms with Crippen molar-refractivity contribution < 1.29 is 4.42 Å². The maximum atomic E-state index is 5.66. The standard InChI is InChI=1S/C10H13N3OS/c1-7(2)8-4-5-9(14-8)15-10-12-11-6-13(10)3/h4-7H,1-3H3. The van der Waals surface area contributed by atoms with Crippen LogP contribution in [0.25, 0.3) is 0 Å². The second-order valence-corrected chi connectivity index (χ2v) is 4.61. The van der Waals surface area contributed by atoms with Crippen LogP contribution in [0.2, 0.25) is 0 Å². The van der Waals surface area contributed by atoms with E-state index < -0.39 is 0 Å². The molecule has 0 amide bonds. The summed E-state index contributed by atoms with van der Waals surface area (Å²) in [4.78, 5) is 0. The predicted octanol–water partition coefficient (Wildman–Crippen LogP) is 2.68. The zero-order valence-electron chi connectivity index (χ0n) is 8.97. The SMILES string of the molecule is CC(C)c1ccc(Sc2nncn2C)o1. The van der Waals surface area contributed by atoms with E-state index in [1.54, 1.807) is 6.33 Å². The lowest BCUT2D eigenvalue weighted by molar-refractivity contribution is 0.415. The van der Waals surface area contributed by atoms with E-state index >= 15 is 0 Å². The second-order valence-electron chi connectivity index (χ2n) is 3.64. The van der Waals surface area contributed by atoms with Crippen molar-refractivity contribution in [2.75, 3.05) is 0 Å². The van der Waals surface area contributed by atoms with Gasteiger partial charge in [0, 0.05) is 13.0 Å². The summed E-state index contributed by atoms with van der Waals surface area (Å²) in [6.45, 7) is 4.21. The number of hydrogen-bond acceptors (Lipinski definition) is 4. The topological polar surface area (TPSA) is 43.9 Å². The molecule has 0 fully saturated rings. The lowest BCUT2D eigenvalue weighted by atomic mass is 10.2. The van der Waals surface area contributed by atoms with E-state index in [-0.39, 0.29) is 0 Å². The lowest BCUT2D eigenvalue weighted by Crippen LogP contribution is -1.87. The third-order valence-electron chi connectivity index (χ3n) is 2.03. The molecule has 0 aliphatic rings. The van der Waals surface area contributed by atoms with Gasteiger partial charge in [-0.25, -0.2) is 0 Å². The van der Waals surface area contributed by atoms with Crippen LogP contribution in [0.5, 0.6) is 0 Å². The summed E-state index contributed by atoms with van der Waals surface area (Å²) in [6, 6.07) is 3.97. The van der Waals surface area contributed by atoms with Crippen LogP contribution in [0, 0.1) is 0 Å². The van der Waals surface area contributed by atoms with Gasteiger partial charge in [0.25, 0.3) is 0 Å². The van der Waals surface area contributed by atoms with E-state index in [1.807, 2.05) is 23.7 Å². The van der Waals surface area contributed by atoms with Crippen LogP contribution < -0.4 is 0 Å². The van der Waals surface area contributed by atoms with Crippen molar-refractivity contribution in [3.05, 3.63) is 24.2 Å². The minimum atomic E-state index is 0.416. The molecule has 0 saturated carbocycles. The van der Waals surface area contributed by atoms with Gasteiger partial charge in [-0.15, -0.1) is 10.2 Å². The monoisotopic (exact) mass is 223 g/mol. The van der Waals surface area contributed by atoms with Crippen molar-refractivity contribution in [2.45, 2.75) is 30.0 Å². The minimum absolute atomic E-state index is 0.416. The zero-order chi connectivity index (χ0) is 10.8. The number of aromatic nitrogens is 3. The number of furan rings is 1. The van der Waals surface area contributed by atoms with Gasteiger partial charge >= 0.3 is 0 Å². The molecule has 2 aromatic heterocycles. The van der Waals surface area contributed by atoms with Gasteiger partial charge in [0.15, 0.2) is 10.2 Å². The average molecular weight is 223 g/mol. The van der Waals surface area contributed by atoms with Crippen LogP contribution in [0.4, 0.5) is 0 Å². The van der Waals surface area contributed by atoms with Gasteiger partial charge < -0.3 is 8.98 Å². The second kappa shape index (κ2) is 4.10. The molecular formula is C10H13N3OS. The Balaban J connectivity index is 2.15. The van der Waals surface area contributed by atoms with Gasteiger partial charge in [-0.1, -0.05) is 13.8 Å².